The first-order chi connectivity index (χ1) is 8.13. The number of carbonyl (C=O) groups is 1. The molecule has 1 fully saturated rings. The van der Waals surface area contributed by atoms with Crippen molar-refractivity contribution in [1.82, 2.24) is 10.1 Å². The lowest BCUT2D eigenvalue weighted by Gasteiger charge is -2.37. The van der Waals surface area contributed by atoms with Crippen molar-refractivity contribution in [3.63, 3.8) is 0 Å². The molecule has 1 amide bonds. The molecule has 1 saturated heterocycles. The van der Waals surface area contributed by atoms with Crippen molar-refractivity contribution in [3.05, 3.63) is 17.5 Å². The molecule has 1 aliphatic rings. The van der Waals surface area contributed by atoms with E-state index in [1.54, 1.807) is 6.20 Å². The third-order valence-electron chi connectivity index (χ3n) is 3.45. The lowest BCUT2D eigenvalue weighted by molar-refractivity contribution is 0.0531. The first kappa shape index (κ1) is 12.1. The van der Waals surface area contributed by atoms with Crippen LogP contribution in [-0.4, -0.2) is 35.1 Å². The highest BCUT2D eigenvalue weighted by Crippen LogP contribution is 2.24. The predicted octanol–water partition coefficient (Wildman–Crippen LogP) is 1.18. The van der Waals surface area contributed by atoms with Gasteiger partial charge in [-0.1, -0.05) is 12.1 Å². The average molecular weight is 237 g/mol. The quantitative estimate of drug-likeness (QED) is 0.838. The summed E-state index contributed by atoms with van der Waals surface area (Å²) in [5, 5.41) is 3.65. The summed E-state index contributed by atoms with van der Waals surface area (Å²) in [5.74, 6) is 0.892. The first-order valence-electron chi connectivity index (χ1n) is 6.05. The van der Waals surface area contributed by atoms with E-state index in [4.69, 9.17) is 10.3 Å². The number of hydrogen-bond acceptors (Lipinski definition) is 4. The number of hydrogen-bond donors (Lipinski definition) is 1. The van der Waals surface area contributed by atoms with Crippen molar-refractivity contribution in [1.29, 1.82) is 0 Å². The van der Waals surface area contributed by atoms with Crippen LogP contribution in [0.2, 0.25) is 0 Å². The molecule has 1 aromatic heterocycles. The number of nitrogens with two attached hydrogens (primary N) is 1. The second kappa shape index (κ2) is 4.87. The van der Waals surface area contributed by atoms with Crippen LogP contribution in [0.15, 0.2) is 10.7 Å². The molecule has 2 rings (SSSR count). The zero-order valence-corrected chi connectivity index (χ0v) is 10.3. The normalized spacial score (nSPS) is 25.0. The summed E-state index contributed by atoms with van der Waals surface area (Å²) in [5.41, 5.74) is 6.53. The number of carbonyl (C=O) groups excluding carboxylic acids is 1. The van der Waals surface area contributed by atoms with Gasteiger partial charge >= 0.3 is 0 Å². The third kappa shape index (κ3) is 2.34. The molecule has 5 heteroatoms. The Balaban J connectivity index is 2.16. The van der Waals surface area contributed by atoms with Gasteiger partial charge in [-0.15, -0.1) is 0 Å². The fourth-order valence-corrected chi connectivity index (χ4v) is 2.37. The van der Waals surface area contributed by atoms with Gasteiger partial charge in [-0.2, -0.15) is 0 Å². The Morgan fingerprint density at radius 1 is 1.71 bits per heavy atom. The summed E-state index contributed by atoms with van der Waals surface area (Å²) in [6.07, 6.45) is 3.56. The van der Waals surface area contributed by atoms with E-state index in [1.165, 1.54) is 0 Å². The molecule has 1 aromatic rings. The molecule has 0 aromatic carbocycles. The number of likely N-dealkylation sites (tertiary alicyclic amines) is 1. The highest BCUT2D eigenvalue weighted by Gasteiger charge is 2.31. The lowest BCUT2D eigenvalue weighted by atomic mass is 9.92. The Kier molecular flexibility index (Phi) is 3.47. The van der Waals surface area contributed by atoms with Crippen LogP contribution in [0.25, 0.3) is 0 Å². The number of amides is 1. The van der Waals surface area contributed by atoms with E-state index in [1.807, 2.05) is 11.8 Å². The van der Waals surface area contributed by atoms with Crippen LogP contribution in [0.4, 0.5) is 0 Å². The zero-order chi connectivity index (χ0) is 12.4. The Morgan fingerprint density at radius 2 is 2.47 bits per heavy atom. The van der Waals surface area contributed by atoms with Crippen LogP contribution in [0.3, 0.4) is 0 Å². The summed E-state index contributed by atoms with van der Waals surface area (Å²) >= 11 is 0. The van der Waals surface area contributed by atoms with Gasteiger partial charge in [0, 0.05) is 24.7 Å². The molecular formula is C12H19N3O2. The average Bonchev–Trinajstić information content (AvgIpc) is 2.74. The van der Waals surface area contributed by atoms with Crippen molar-refractivity contribution >= 4 is 5.91 Å². The lowest BCUT2D eigenvalue weighted by Crippen LogP contribution is -2.49. The minimum atomic E-state index is -0.0812. The van der Waals surface area contributed by atoms with Gasteiger partial charge in [0.15, 0.2) is 0 Å². The van der Waals surface area contributed by atoms with E-state index in [0.717, 1.165) is 24.9 Å². The first-order valence-corrected chi connectivity index (χ1v) is 6.05. The second-order valence-corrected chi connectivity index (χ2v) is 4.86. The van der Waals surface area contributed by atoms with Gasteiger partial charge in [0.2, 0.25) is 5.76 Å². The number of rotatable bonds is 2. The molecule has 94 valence electrons. The van der Waals surface area contributed by atoms with Crippen LogP contribution in [0.1, 0.15) is 35.9 Å². The SMILES string of the molecule is Cc1cnoc1C(=O)N1CCC(C)CC1CN. The monoisotopic (exact) mass is 237 g/mol. The van der Waals surface area contributed by atoms with E-state index in [-0.39, 0.29) is 11.9 Å². The largest absolute Gasteiger partial charge is 0.351 e. The molecule has 17 heavy (non-hydrogen) atoms. The van der Waals surface area contributed by atoms with Crippen LogP contribution < -0.4 is 5.73 Å². The van der Waals surface area contributed by atoms with Crippen LogP contribution >= 0.6 is 0 Å². The summed E-state index contributed by atoms with van der Waals surface area (Å²) in [4.78, 5) is 14.1. The number of aromatic nitrogens is 1. The van der Waals surface area contributed by atoms with Crippen molar-refractivity contribution in [3.8, 4) is 0 Å². The van der Waals surface area contributed by atoms with Crippen LogP contribution in [-0.2, 0) is 0 Å². The molecule has 2 unspecified atom stereocenters. The van der Waals surface area contributed by atoms with E-state index in [0.29, 0.717) is 18.2 Å². The number of piperidine rings is 1. The summed E-state index contributed by atoms with van der Waals surface area (Å²) in [6.45, 7) is 5.28. The topological polar surface area (TPSA) is 72.4 Å². The molecule has 0 radical (unpaired) electrons. The maximum absolute atomic E-state index is 12.3. The minimum absolute atomic E-state index is 0.0812. The van der Waals surface area contributed by atoms with Gasteiger partial charge in [0.25, 0.3) is 5.91 Å². The van der Waals surface area contributed by atoms with Gasteiger partial charge in [0.05, 0.1) is 6.20 Å². The molecule has 5 nitrogen and oxygen atoms in total. The van der Waals surface area contributed by atoms with Crippen LogP contribution in [0.5, 0.6) is 0 Å². The fraction of sp³-hybridized carbons (Fsp3) is 0.667. The van der Waals surface area contributed by atoms with Crippen molar-refractivity contribution < 1.29 is 9.32 Å². The van der Waals surface area contributed by atoms with Gasteiger partial charge in [-0.3, -0.25) is 4.79 Å². The van der Waals surface area contributed by atoms with Gasteiger partial charge < -0.3 is 15.2 Å². The maximum atomic E-state index is 12.3. The molecule has 0 bridgehead atoms. The van der Waals surface area contributed by atoms with Gasteiger partial charge in [-0.05, 0) is 25.7 Å². The molecule has 2 atom stereocenters. The Labute approximate surface area is 101 Å². The van der Waals surface area contributed by atoms with Gasteiger partial charge in [0.1, 0.15) is 0 Å². The fourth-order valence-electron chi connectivity index (χ4n) is 2.37. The van der Waals surface area contributed by atoms with Gasteiger partial charge in [-0.25, -0.2) is 0 Å². The van der Waals surface area contributed by atoms with E-state index in [2.05, 4.69) is 12.1 Å². The third-order valence-corrected chi connectivity index (χ3v) is 3.45. The number of nitrogens with zero attached hydrogens (tertiary/aromatic N) is 2. The highest BCUT2D eigenvalue weighted by molar-refractivity contribution is 5.92. The predicted molar refractivity (Wildman–Crippen MR) is 63.5 cm³/mol. The highest BCUT2D eigenvalue weighted by atomic mass is 16.5. The molecule has 0 spiro atoms. The summed E-state index contributed by atoms with van der Waals surface area (Å²) < 4.78 is 5.02. The number of aryl methyl sites for hydroxylation is 1. The maximum Gasteiger partial charge on any atom is 0.293 e. The minimum Gasteiger partial charge on any atom is -0.351 e. The Hall–Kier alpha value is -1.36. The molecule has 0 saturated carbocycles. The Morgan fingerprint density at radius 3 is 3.06 bits per heavy atom. The standard InChI is InChI=1S/C12H19N3O2/c1-8-3-4-15(10(5-8)6-13)12(16)11-9(2)7-14-17-11/h7-8,10H,3-6,13H2,1-2H3. The zero-order valence-electron chi connectivity index (χ0n) is 10.3. The molecule has 1 aliphatic heterocycles. The molecule has 0 aliphatic carbocycles. The molecular weight excluding hydrogens is 218 g/mol. The van der Waals surface area contributed by atoms with Crippen molar-refractivity contribution in [2.75, 3.05) is 13.1 Å². The molecule has 2 heterocycles. The van der Waals surface area contributed by atoms with Crippen LogP contribution in [0, 0.1) is 12.8 Å². The summed E-state index contributed by atoms with van der Waals surface area (Å²) in [6, 6.07) is 0.121. The van der Waals surface area contributed by atoms with Crippen molar-refractivity contribution in [2.24, 2.45) is 11.7 Å². The summed E-state index contributed by atoms with van der Waals surface area (Å²) in [7, 11) is 0. The second-order valence-electron chi connectivity index (χ2n) is 4.86. The molecule has 2 N–H and O–H groups in total. The van der Waals surface area contributed by atoms with E-state index < -0.39 is 0 Å². The smallest absolute Gasteiger partial charge is 0.293 e. The van der Waals surface area contributed by atoms with Crippen molar-refractivity contribution in [2.45, 2.75) is 32.7 Å². The van der Waals surface area contributed by atoms with E-state index >= 15 is 0 Å². The van der Waals surface area contributed by atoms with E-state index in [9.17, 15) is 4.79 Å². The Bertz CT molecular complexity index is 402.